The molecular formula is C25H32ClN3O2. The molecule has 166 valence electrons. The summed E-state index contributed by atoms with van der Waals surface area (Å²) in [7, 11) is 0. The van der Waals surface area contributed by atoms with Gasteiger partial charge in [-0.2, -0.15) is 0 Å². The third-order valence-electron chi connectivity index (χ3n) is 6.34. The fourth-order valence-corrected chi connectivity index (χ4v) is 4.62. The first-order valence-electron chi connectivity index (χ1n) is 10.9. The molecule has 6 heteroatoms. The van der Waals surface area contributed by atoms with Crippen LogP contribution in [0.3, 0.4) is 0 Å². The number of likely N-dealkylation sites (tertiary alicyclic amines) is 1. The van der Waals surface area contributed by atoms with Crippen LogP contribution in [0.15, 0.2) is 42.5 Å². The van der Waals surface area contributed by atoms with E-state index in [4.69, 9.17) is 17.3 Å². The Labute approximate surface area is 190 Å². The molecule has 0 aromatic heterocycles. The standard InChI is InChI=1S/C25H32ClN3O2/c1-17-5-3-4-6-20(17)14-21(9-7-19-8-10-24(27)23(26)13-19)22-11-12-29(16-22)25(31)15-28-18(2)30/h3-6,8,10,13,21-22H,7,9,11-12,14-16,27H2,1-2H3,(H,28,30). The van der Waals surface area contributed by atoms with Crippen molar-refractivity contribution in [2.75, 3.05) is 25.4 Å². The van der Waals surface area contributed by atoms with Gasteiger partial charge in [0.05, 0.1) is 17.3 Å². The maximum absolute atomic E-state index is 12.5. The summed E-state index contributed by atoms with van der Waals surface area (Å²) < 4.78 is 0. The highest BCUT2D eigenvalue weighted by Crippen LogP contribution is 2.32. The zero-order valence-electron chi connectivity index (χ0n) is 18.4. The van der Waals surface area contributed by atoms with Gasteiger partial charge in [-0.05, 0) is 73.3 Å². The first-order chi connectivity index (χ1) is 14.8. The molecule has 2 amide bonds. The molecule has 5 nitrogen and oxygen atoms in total. The molecular weight excluding hydrogens is 410 g/mol. The Hall–Kier alpha value is -2.53. The van der Waals surface area contributed by atoms with Crippen molar-refractivity contribution < 1.29 is 9.59 Å². The average molecular weight is 442 g/mol. The second-order valence-corrected chi connectivity index (χ2v) is 8.99. The maximum atomic E-state index is 12.5. The van der Waals surface area contributed by atoms with E-state index < -0.39 is 0 Å². The molecule has 31 heavy (non-hydrogen) atoms. The van der Waals surface area contributed by atoms with Crippen LogP contribution in [0, 0.1) is 18.8 Å². The smallest absolute Gasteiger partial charge is 0.241 e. The lowest BCUT2D eigenvalue weighted by Gasteiger charge is -2.25. The van der Waals surface area contributed by atoms with Gasteiger partial charge in [-0.15, -0.1) is 0 Å². The van der Waals surface area contributed by atoms with Crippen molar-refractivity contribution in [1.29, 1.82) is 0 Å². The number of carbonyl (C=O) groups is 2. The lowest BCUT2D eigenvalue weighted by Crippen LogP contribution is -2.38. The molecule has 0 aliphatic carbocycles. The minimum atomic E-state index is -0.177. The minimum absolute atomic E-state index is 0.00217. The van der Waals surface area contributed by atoms with Crippen LogP contribution in [0.4, 0.5) is 5.69 Å². The van der Waals surface area contributed by atoms with Gasteiger partial charge in [0.25, 0.3) is 0 Å². The maximum Gasteiger partial charge on any atom is 0.241 e. The van der Waals surface area contributed by atoms with Gasteiger partial charge >= 0.3 is 0 Å². The van der Waals surface area contributed by atoms with Gasteiger partial charge in [-0.3, -0.25) is 9.59 Å². The van der Waals surface area contributed by atoms with Gasteiger partial charge in [0.2, 0.25) is 11.8 Å². The summed E-state index contributed by atoms with van der Waals surface area (Å²) in [4.78, 5) is 25.5. The van der Waals surface area contributed by atoms with Gasteiger partial charge < -0.3 is 16.0 Å². The van der Waals surface area contributed by atoms with E-state index in [1.165, 1.54) is 23.6 Å². The van der Waals surface area contributed by atoms with Crippen molar-refractivity contribution in [1.82, 2.24) is 10.2 Å². The van der Waals surface area contributed by atoms with Crippen molar-refractivity contribution in [3.8, 4) is 0 Å². The first kappa shape index (κ1) is 23.1. The van der Waals surface area contributed by atoms with E-state index in [1.54, 1.807) is 0 Å². The Bertz CT molecular complexity index is 931. The quantitative estimate of drug-likeness (QED) is 0.608. The molecule has 1 saturated heterocycles. The molecule has 2 atom stereocenters. The van der Waals surface area contributed by atoms with E-state index in [0.29, 0.717) is 22.5 Å². The van der Waals surface area contributed by atoms with E-state index in [0.717, 1.165) is 38.8 Å². The van der Waals surface area contributed by atoms with Crippen molar-refractivity contribution in [2.45, 2.75) is 39.5 Å². The van der Waals surface area contributed by atoms with Crippen LogP contribution in [-0.4, -0.2) is 36.3 Å². The summed E-state index contributed by atoms with van der Waals surface area (Å²) in [6, 6.07) is 14.4. The van der Waals surface area contributed by atoms with E-state index in [-0.39, 0.29) is 18.4 Å². The molecule has 1 aliphatic rings. The number of carbonyl (C=O) groups excluding carboxylic acids is 2. The summed E-state index contributed by atoms with van der Waals surface area (Å²) in [5.41, 5.74) is 10.3. The van der Waals surface area contributed by atoms with E-state index in [1.807, 2.05) is 23.1 Å². The van der Waals surface area contributed by atoms with E-state index >= 15 is 0 Å². The highest BCUT2D eigenvalue weighted by molar-refractivity contribution is 6.33. The number of hydrogen-bond acceptors (Lipinski definition) is 3. The minimum Gasteiger partial charge on any atom is -0.398 e. The van der Waals surface area contributed by atoms with Gasteiger partial charge in [0.15, 0.2) is 0 Å². The zero-order chi connectivity index (χ0) is 22.4. The Balaban J connectivity index is 1.69. The number of hydrogen-bond donors (Lipinski definition) is 2. The fraction of sp³-hybridized carbons (Fsp3) is 0.440. The molecule has 3 rings (SSSR count). The SMILES string of the molecule is CC(=O)NCC(=O)N1CCC(C(CCc2ccc(N)c(Cl)c2)Cc2ccccc2C)C1. The number of halogens is 1. The van der Waals surface area contributed by atoms with Crippen LogP contribution in [0.1, 0.15) is 36.5 Å². The van der Waals surface area contributed by atoms with Gasteiger partial charge in [-0.25, -0.2) is 0 Å². The number of nitrogens with one attached hydrogen (secondary N) is 1. The number of anilines is 1. The number of benzene rings is 2. The Morgan fingerprint density at radius 1 is 1.26 bits per heavy atom. The van der Waals surface area contributed by atoms with Gasteiger partial charge in [0, 0.05) is 20.0 Å². The van der Waals surface area contributed by atoms with Crippen LogP contribution in [0.5, 0.6) is 0 Å². The van der Waals surface area contributed by atoms with Gasteiger partial charge in [-0.1, -0.05) is 41.9 Å². The fourth-order valence-electron chi connectivity index (χ4n) is 4.41. The Morgan fingerprint density at radius 3 is 2.74 bits per heavy atom. The van der Waals surface area contributed by atoms with Crippen LogP contribution in [-0.2, 0) is 22.4 Å². The number of rotatable bonds is 8. The van der Waals surface area contributed by atoms with Crippen LogP contribution < -0.4 is 11.1 Å². The van der Waals surface area contributed by atoms with Crippen molar-refractivity contribution in [3.63, 3.8) is 0 Å². The summed E-state index contributed by atoms with van der Waals surface area (Å²) in [6.07, 6.45) is 3.93. The Morgan fingerprint density at radius 2 is 2.03 bits per heavy atom. The molecule has 2 aromatic rings. The van der Waals surface area contributed by atoms with Crippen molar-refractivity contribution in [2.24, 2.45) is 11.8 Å². The number of amides is 2. The lowest BCUT2D eigenvalue weighted by atomic mass is 9.81. The number of nitrogens with two attached hydrogens (primary N) is 1. The van der Waals surface area contributed by atoms with Crippen LogP contribution in [0.25, 0.3) is 0 Å². The van der Waals surface area contributed by atoms with Crippen LogP contribution >= 0.6 is 11.6 Å². The third-order valence-corrected chi connectivity index (χ3v) is 6.67. The number of nitrogen functional groups attached to an aromatic ring is 1. The molecule has 1 aliphatic heterocycles. The normalized spacial score (nSPS) is 16.9. The number of aryl methyl sites for hydroxylation is 2. The first-order valence-corrected chi connectivity index (χ1v) is 11.3. The summed E-state index contributed by atoms with van der Waals surface area (Å²) in [6.45, 7) is 5.17. The number of nitrogens with zero attached hydrogens (tertiary/aromatic N) is 1. The highest BCUT2D eigenvalue weighted by Gasteiger charge is 2.32. The molecule has 0 bridgehead atoms. The lowest BCUT2D eigenvalue weighted by molar-refractivity contribution is -0.131. The molecule has 2 aromatic carbocycles. The zero-order valence-corrected chi connectivity index (χ0v) is 19.1. The topological polar surface area (TPSA) is 75.4 Å². The molecule has 1 fully saturated rings. The highest BCUT2D eigenvalue weighted by atomic mass is 35.5. The molecule has 3 N–H and O–H groups in total. The van der Waals surface area contributed by atoms with E-state index in [9.17, 15) is 9.59 Å². The Kier molecular flexibility index (Phi) is 7.97. The van der Waals surface area contributed by atoms with E-state index in [2.05, 4.69) is 36.5 Å². The largest absolute Gasteiger partial charge is 0.398 e. The molecule has 2 unspecified atom stereocenters. The molecule has 0 spiro atoms. The van der Waals surface area contributed by atoms with Gasteiger partial charge in [0.1, 0.15) is 0 Å². The van der Waals surface area contributed by atoms with Crippen LogP contribution in [0.2, 0.25) is 5.02 Å². The molecule has 1 heterocycles. The predicted molar refractivity (Wildman–Crippen MR) is 126 cm³/mol. The molecule has 0 radical (unpaired) electrons. The molecule has 0 saturated carbocycles. The summed E-state index contributed by atoms with van der Waals surface area (Å²) in [5.74, 6) is 0.711. The predicted octanol–water partition coefficient (Wildman–Crippen LogP) is 4.01. The summed E-state index contributed by atoms with van der Waals surface area (Å²) >= 11 is 6.21. The summed E-state index contributed by atoms with van der Waals surface area (Å²) in [5, 5.41) is 3.22. The monoisotopic (exact) mass is 441 g/mol. The van der Waals surface area contributed by atoms with Crippen molar-refractivity contribution >= 4 is 29.1 Å². The second kappa shape index (κ2) is 10.7. The van der Waals surface area contributed by atoms with Crippen molar-refractivity contribution in [3.05, 3.63) is 64.2 Å². The third kappa shape index (κ3) is 6.47. The second-order valence-electron chi connectivity index (χ2n) is 8.58. The average Bonchev–Trinajstić information content (AvgIpc) is 3.23.